The number of benzene rings is 1. The van der Waals surface area contributed by atoms with E-state index in [9.17, 15) is 19.1 Å². The van der Waals surface area contributed by atoms with Crippen LogP contribution in [0.4, 0.5) is 10.1 Å². The zero-order chi connectivity index (χ0) is 21.8. The average Bonchev–Trinajstić information content (AvgIpc) is 3.15. The van der Waals surface area contributed by atoms with Crippen molar-refractivity contribution >= 4 is 45.4 Å². The summed E-state index contributed by atoms with van der Waals surface area (Å²) in [5, 5.41) is 19.4. The Labute approximate surface area is 175 Å². The summed E-state index contributed by atoms with van der Waals surface area (Å²) in [6, 6.07) is 2.80. The number of amides is 1. The van der Waals surface area contributed by atoms with E-state index >= 15 is 0 Å². The number of azo groups is 1. The van der Waals surface area contributed by atoms with Crippen molar-refractivity contribution in [3.8, 4) is 5.88 Å². The lowest BCUT2D eigenvalue weighted by Gasteiger charge is -2.36. The van der Waals surface area contributed by atoms with Gasteiger partial charge in [-0.15, -0.1) is 10.2 Å². The van der Waals surface area contributed by atoms with Crippen LogP contribution in [-0.2, 0) is 19.9 Å². The highest BCUT2D eigenvalue weighted by Gasteiger charge is 2.37. The van der Waals surface area contributed by atoms with Crippen molar-refractivity contribution in [2.45, 2.75) is 38.6 Å². The van der Waals surface area contributed by atoms with E-state index in [1.165, 1.54) is 19.2 Å². The minimum absolute atomic E-state index is 0.00887. The number of hydrogen-bond donors (Lipinski definition) is 1. The molecule has 30 heavy (non-hydrogen) atoms. The highest BCUT2D eigenvalue weighted by Crippen LogP contribution is 2.51. The molecule has 1 atom stereocenters. The van der Waals surface area contributed by atoms with E-state index in [4.69, 9.17) is 0 Å². The second kappa shape index (κ2) is 7.05. The molecule has 1 N–H and O–H groups in total. The summed E-state index contributed by atoms with van der Waals surface area (Å²) in [4.78, 5) is 27.0. The molecule has 8 nitrogen and oxygen atoms in total. The first-order valence-corrected chi connectivity index (χ1v) is 10.0. The van der Waals surface area contributed by atoms with E-state index in [2.05, 4.69) is 20.0 Å². The molecule has 0 radical (unpaired) electrons. The number of hydrogen-bond acceptors (Lipinski definition) is 7. The van der Waals surface area contributed by atoms with Gasteiger partial charge >= 0.3 is 5.97 Å². The molecule has 3 heterocycles. The van der Waals surface area contributed by atoms with Crippen molar-refractivity contribution in [3.05, 3.63) is 34.5 Å². The molecule has 2 aliphatic rings. The van der Waals surface area contributed by atoms with Crippen molar-refractivity contribution in [2.75, 3.05) is 7.11 Å². The number of ether oxygens (including phenoxy) is 1. The van der Waals surface area contributed by atoms with Gasteiger partial charge in [-0.25, -0.2) is 9.18 Å². The van der Waals surface area contributed by atoms with Crippen molar-refractivity contribution in [3.63, 3.8) is 0 Å². The van der Waals surface area contributed by atoms with Crippen molar-refractivity contribution < 1.29 is 23.8 Å². The molecule has 1 aromatic heterocycles. The Hall–Kier alpha value is -3.01. The van der Waals surface area contributed by atoms with Crippen LogP contribution in [0.3, 0.4) is 0 Å². The Morgan fingerprint density at radius 1 is 1.43 bits per heavy atom. The fraction of sp³-hybridized carbons (Fsp3) is 0.350. The number of halogens is 1. The Morgan fingerprint density at radius 3 is 2.87 bits per heavy atom. The van der Waals surface area contributed by atoms with Gasteiger partial charge in [0.05, 0.1) is 17.5 Å². The molecule has 0 spiro atoms. The molecule has 156 valence electrons. The molecular weight excluding hydrogens is 411 g/mol. The van der Waals surface area contributed by atoms with Gasteiger partial charge in [-0.2, -0.15) is 4.99 Å². The molecule has 0 saturated carbocycles. The highest BCUT2D eigenvalue weighted by molar-refractivity contribution is 8.18. The number of methoxy groups -OCH3 is 1. The molecule has 0 saturated heterocycles. The van der Waals surface area contributed by atoms with Gasteiger partial charge < -0.3 is 14.4 Å². The Kier molecular flexibility index (Phi) is 4.76. The van der Waals surface area contributed by atoms with E-state index in [0.717, 1.165) is 35.3 Å². The summed E-state index contributed by atoms with van der Waals surface area (Å²) >= 11 is 0.862. The third-order valence-corrected chi connectivity index (χ3v) is 6.11. The zero-order valence-electron chi connectivity index (χ0n) is 16.8. The van der Waals surface area contributed by atoms with Crippen LogP contribution in [0, 0.1) is 5.82 Å². The third-order valence-electron chi connectivity index (χ3n) is 5.24. The predicted molar refractivity (Wildman–Crippen MR) is 111 cm³/mol. The highest BCUT2D eigenvalue weighted by atomic mass is 32.2. The maximum atomic E-state index is 14.3. The van der Waals surface area contributed by atoms with E-state index in [1.54, 1.807) is 4.57 Å². The van der Waals surface area contributed by atoms with Crippen LogP contribution >= 0.6 is 11.8 Å². The number of rotatable bonds is 2. The van der Waals surface area contributed by atoms with Gasteiger partial charge in [-0.1, -0.05) is 6.92 Å². The third kappa shape index (κ3) is 3.20. The van der Waals surface area contributed by atoms with Gasteiger partial charge in [-0.3, -0.25) is 4.79 Å². The molecule has 1 amide bonds. The van der Waals surface area contributed by atoms with Gasteiger partial charge in [-0.05, 0) is 55.6 Å². The predicted octanol–water partition coefficient (Wildman–Crippen LogP) is 4.50. The molecule has 1 aromatic carbocycles. The number of aromatic nitrogens is 1. The van der Waals surface area contributed by atoms with Gasteiger partial charge in [0.1, 0.15) is 5.82 Å². The molecule has 1 unspecified atom stereocenters. The summed E-state index contributed by atoms with van der Waals surface area (Å²) in [7, 11) is 1.20. The van der Waals surface area contributed by atoms with Crippen LogP contribution in [0.25, 0.3) is 10.9 Å². The van der Waals surface area contributed by atoms with E-state index in [1.807, 2.05) is 20.8 Å². The Bertz CT molecular complexity index is 1200. The summed E-state index contributed by atoms with van der Waals surface area (Å²) in [5.74, 6) is -1.77. The van der Waals surface area contributed by atoms with E-state index in [0.29, 0.717) is 5.39 Å². The van der Waals surface area contributed by atoms with Crippen molar-refractivity contribution in [1.82, 2.24) is 4.57 Å². The van der Waals surface area contributed by atoms with Gasteiger partial charge in [0, 0.05) is 17.0 Å². The summed E-state index contributed by atoms with van der Waals surface area (Å²) in [5.41, 5.74) is 1.21. The molecule has 2 aliphatic heterocycles. The number of aliphatic imine (C=N–C) groups is 1. The summed E-state index contributed by atoms with van der Waals surface area (Å²) in [6.45, 7) is 6.01. The lowest BCUT2D eigenvalue weighted by molar-refractivity contribution is -0.135. The minimum Gasteiger partial charge on any atom is -0.493 e. The maximum absolute atomic E-state index is 14.3. The monoisotopic (exact) mass is 430 g/mol. The second-order valence-electron chi connectivity index (χ2n) is 7.85. The Balaban J connectivity index is 1.79. The zero-order valence-corrected chi connectivity index (χ0v) is 17.6. The first-order chi connectivity index (χ1) is 14.1. The SMILES string of the molecule is COC(=O)C=C1SC(N=Nc2c(O)n3c4c(cc(F)cc24)C(C)CC3(C)C)=NC1=O. The van der Waals surface area contributed by atoms with Gasteiger partial charge in [0.25, 0.3) is 5.91 Å². The fourth-order valence-corrected chi connectivity index (χ4v) is 4.79. The second-order valence-corrected chi connectivity index (χ2v) is 8.86. The van der Waals surface area contributed by atoms with Crippen LogP contribution in [0.15, 0.2) is 38.3 Å². The van der Waals surface area contributed by atoms with E-state index in [-0.39, 0.29) is 27.6 Å². The quantitative estimate of drug-likeness (QED) is 0.429. The molecule has 10 heteroatoms. The minimum atomic E-state index is -0.683. The van der Waals surface area contributed by atoms with E-state index < -0.39 is 23.2 Å². The number of thioether (sulfide) groups is 1. The van der Waals surface area contributed by atoms with Crippen LogP contribution in [-0.4, -0.2) is 33.8 Å². The largest absolute Gasteiger partial charge is 0.493 e. The topological polar surface area (TPSA) is 106 Å². The standard InChI is InChI=1S/C20H19FN4O4S/c1-9-8-20(2,3)25-16-11(9)5-10(21)6-12(16)15(18(25)28)23-24-19-22-17(27)13(30-19)7-14(26)29-4/h5-7,9,28H,8H2,1-4H3. The smallest absolute Gasteiger partial charge is 0.331 e. The molecule has 4 rings (SSSR count). The first kappa shape index (κ1) is 20.3. The average molecular weight is 430 g/mol. The molecule has 0 aliphatic carbocycles. The Morgan fingerprint density at radius 2 is 2.17 bits per heavy atom. The van der Waals surface area contributed by atoms with Crippen molar-refractivity contribution in [1.29, 1.82) is 0 Å². The molecular formula is C20H19FN4O4S. The van der Waals surface area contributed by atoms with Crippen LogP contribution in [0.5, 0.6) is 5.88 Å². The number of amidine groups is 1. The van der Waals surface area contributed by atoms with Crippen LogP contribution in [0.2, 0.25) is 0 Å². The number of carbonyl (C=O) groups is 2. The van der Waals surface area contributed by atoms with Gasteiger partial charge in [0.2, 0.25) is 11.0 Å². The first-order valence-electron chi connectivity index (χ1n) is 9.22. The fourth-order valence-electron chi connectivity index (χ4n) is 4.10. The number of aromatic hydroxyl groups is 1. The summed E-state index contributed by atoms with van der Waals surface area (Å²) < 4.78 is 20.6. The molecule has 0 bridgehead atoms. The van der Waals surface area contributed by atoms with Crippen LogP contribution < -0.4 is 0 Å². The maximum Gasteiger partial charge on any atom is 0.331 e. The number of nitrogens with zero attached hydrogens (tertiary/aromatic N) is 4. The summed E-state index contributed by atoms with van der Waals surface area (Å²) in [6.07, 6.45) is 1.74. The van der Waals surface area contributed by atoms with Gasteiger partial charge in [0.15, 0.2) is 5.69 Å². The molecule has 0 fully saturated rings. The molecule has 2 aromatic rings. The number of carbonyl (C=O) groups excluding carboxylic acids is 2. The lowest BCUT2D eigenvalue weighted by atomic mass is 9.82. The van der Waals surface area contributed by atoms with Crippen LogP contribution in [0.1, 0.15) is 38.7 Å². The lowest BCUT2D eigenvalue weighted by Crippen LogP contribution is -2.31. The normalized spacial score (nSPS) is 21.6. The number of esters is 1. The van der Waals surface area contributed by atoms with Crippen molar-refractivity contribution in [2.24, 2.45) is 15.2 Å².